The third kappa shape index (κ3) is 3.96. The Morgan fingerprint density at radius 2 is 2.26 bits per heavy atom. The fourth-order valence-electron chi connectivity index (χ4n) is 2.14. The second-order valence-electron chi connectivity index (χ2n) is 4.43. The second kappa shape index (κ2) is 6.56. The van der Waals surface area contributed by atoms with E-state index in [9.17, 15) is 8.78 Å². The lowest BCUT2D eigenvalue weighted by Gasteiger charge is -2.26. The van der Waals surface area contributed by atoms with Gasteiger partial charge in [-0.2, -0.15) is 8.78 Å². The zero-order valence-electron chi connectivity index (χ0n) is 10.8. The Bertz CT molecular complexity index is 410. The van der Waals surface area contributed by atoms with Crippen molar-refractivity contribution in [2.24, 2.45) is 0 Å². The average Bonchev–Trinajstić information content (AvgIpc) is 2.41. The maximum atomic E-state index is 12.4. The monoisotopic (exact) mass is 272 g/mol. The van der Waals surface area contributed by atoms with Crippen molar-refractivity contribution < 1.29 is 18.3 Å². The van der Waals surface area contributed by atoms with Gasteiger partial charge in [0.25, 0.3) is 0 Å². The van der Waals surface area contributed by atoms with Gasteiger partial charge in [0.1, 0.15) is 11.5 Å². The van der Waals surface area contributed by atoms with Gasteiger partial charge in [-0.3, -0.25) is 0 Å². The van der Waals surface area contributed by atoms with Gasteiger partial charge in [0.2, 0.25) is 0 Å². The number of piperidine rings is 1. The summed E-state index contributed by atoms with van der Waals surface area (Å²) in [4.78, 5) is 0. The first kappa shape index (κ1) is 13.9. The quantitative estimate of drug-likeness (QED) is 0.864. The summed E-state index contributed by atoms with van der Waals surface area (Å²) in [6.45, 7) is -1.03. The summed E-state index contributed by atoms with van der Waals surface area (Å²) < 4.78 is 34.4. The van der Waals surface area contributed by atoms with Crippen molar-refractivity contribution in [1.29, 1.82) is 0 Å². The molecule has 1 atom stereocenters. The van der Waals surface area contributed by atoms with Gasteiger partial charge in [-0.25, -0.2) is 0 Å². The zero-order chi connectivity index (χ0) is 13.7. The van der Waals surface area contributed by atoms with E-state index < -0.39 is 6.61 Å². The Kier molecular flexibility index (Phi) is 4.79. The van der Waals surface area contributed by atoms with Crippen LogP contribution in [0.25, 0.3) is 0 Å². The molecule has 0 aliphatic carbocycles. The predicted molar refractivity (Wildman–Crippen MR) is 69.1 cm³/mol. The molecule has 19 heavy (non-hydrogen) atoms. The van der Waals surface area contributed by atoms with Crippen LogP contribution < -0.4 is 20.1 Å². The van der Waals surface area contributed by atoms with Crippen LogP contribution in [0.2, 0.25) is 0 Å². The predicted octanol–water partition coefficient (Wildman–Crippen LogP) is 2.46. The first-order valence-electron chi connectivity index (χ1n) is 6.29. The molecule has 1 heterocycles. The molecule has 1 saturated heterocycles. The molecule has 0 radical (unpaired) electrons. The van der Waals surface area contributed by atoms with Crippen molar-refractivity contribution in [2.75, 3.05) is 25.5 Å². The van der Waals surface area contributed by atoms with E-state index in [0.29, 0.717) is 11.4 Å². The number of benzene rings is 1. The maximum absolute atomic E-state index is 12.4. The van der Waals surface area contributed by atoms with Crippen molar-refractivity contribution in [1.82, 2.24) is 5.32 Å². The van der Waals surface area contributed by atoms with Crippen LogP contribution in [0.3, 0.4) is 0 Å². The van der Waals surface area contributed by atoms with Crippen LogP contribution >= 0.6 is 0 Å². The molecular weight excluding hydrogens is 254 g/mol. The highest BCUT2D eigenvalue weighted by Crippen LogP contribution is 2.31. The molecule has 6 heteroatoms. The van der Waals surface area contributed by atoms with E-state index in [1.807, 2.05) is 0 Å². The molecule has 106 valence electrons. The van der Waals surface area contributed by atoms with E-state index in [1.54, 1.807) is 12.1 Å². The molecule has 2 N–H and O–H groups in total. The van der Waals surface area contributed by atoms with Gasteiger partial charge in [-0.05, 0) is 31.5 Å². The molecule has 0 amide bonds. The highest BCUT2D eigenvalue weighted by Gasteiger charge is 2.16. The molecule has 1 fully saturated rings. The topological polar surface area (TPSA) is 42.5 Å². The Balaban J connectivity index is 2.13. The number of methoxy groups -OCH3 is 1. The summed E-state index contributed by atoms with van der Waals surface area (Å²) in [6.07, 6.45) is 2.06. The van der Waals surface area contributed by atoms with Crippen molar-refractivity contribution in [3.63, 3.8) is 0 Å². The summed E-state index contributed by atoms with van der Waals surface area (Å²) in [7, 11) is 1.54. The average molecular weight is 272 g/mol. The van der Waals surface area contributed by atoms with Crippen LogP contribution in [-0.2, 0) is 0 Å². The molecule has 0 aromatic heterocycles. The van der Waals surface area contributed by atoms with Crippen LogP contribution in [0.5, 0.6) is 11.5 Å². The lowest BCUT2D eigenvalue weighted by Crippen LogP contribution is -2.38. The summed E-state index contributed by atoms with van der Waals surface area (Å²) in [5.74, 6) is 0.745. The number of ether oxygens (including phenoxy) is 2. The SMILES string of the molecule is COc1ccc(OC(F)F)c(NC2CCCNC2)c1. The number of anilines is 1. The Hall–Kier alpha value is -1.56. The highest BCUT2D eigenvalue weighted by molar-refractivity contribution is 5.60. The van der Waals surface area contributed by atoms with Gasteiger partial charge in [-0.1, -0.05) is 0 Å². The lowest BCUT2D eigenvalue weighted by molar-refractivity contribution is -0.0494. The Morgan fingerprint density at radius 1 is 1.42 bits per heavy atom. The number of hydrogen-bond acceptors (Lipinski definition) is 4. The van der Waals surface area contributed by atoms with Crippen LogP contribution in [0.4, 0.5) is 14.5 Å². The van der Waals surface area contributed by atoms with Crippen molar-refractivity contribution in [3.05, 3.63) is 18.2 Å². The van der Waals surface area contributed by atoms with Crippen LogP contribution in [-0.4, -0.2) is 32.9 Å². The summed E-state index contributed by atoms with van der Waals surface area (Å²) in [5, 5.41) is 6.49. The van der Waals surface area contributed by atoms with E-state index in [-0.39, 0.29) is 11.8 Å². The van der Waals surface area contributed by atoms with Crippen LogP contribution in [0.1, 0.15) is 12.8 Å². The van der Waals surface area contributed by atoms with Gasteiger partial charge in [0.15, 0.2) is 0 Å². The first-order valence-corrected chi connectivity index (χ1v) is 6.29. The lowest BCUT2D eigenvalue weighted by atomic mass is 10.1. The number of rotatable bonds is 5. The minimum atomic E-state index is -2.83. The number of alkyl halides is 2. The first-order chi connectivity index (χ1) is 9.19. The summed E-state index contributed by atoms with van der Waals surface area (Å²) >= 11 is 0. The fraction of sp³-hybridized carbons (Fsp3) is 0.538. The Labute approximate surface area is 111 Å². The molecule has 1 aliphatic rings. The minimum Gasteiger partial charge on any atom is -0.497 e. The van der Waals surface area contributed by atoms with Crippen LogP contribution in [0.15, 0.2) is 18.2 Å². The standard InChI is InChI=1S/C13H18F2N2O2/c1-18-10-4-5-12(19-13(14)15)11(7-10)17-9-3-2-6-16-8-9/h4-5,7,9,13,16-17H,2-3,6,8H2,1H3. The van der Waals surface area contributed by atoms with Crippen molar-refractivity contribution in [2.45, 2.75) is 25.5 Å². The van der Waals surface area contributed by atoms with E-state index >= 15 is 0 Å². The van der Waals surface area contributed by atoms with E-state index in [2.05, 4.69) is 15.4 Å². The third-order valence-corrected chi connectivity index (χ3v) is 3.06. The minimum absolute atomic E-state index is 0.140. The van der Waals surface area contributed by atoms with E-state index in [4.69, 9.17) is 4.74 Å². The second-order valence-corrected chi connectivity index (χ2v) is 4.43. The van der Waals surface area contributed by atoms with Crippen LogP contribution in [0, 0.1) is 0 Å². The molecule has 1 aromatic carbocycles. The maximum Gasteiger partial charge on any atom is 0.387 e. The normalized spacial score (nSPS) is 19.3. The van der Waals surface area contributed by atoms with Gasteiger partial charge in [0.05, 0.1) is 12.8 Å². The summed E-state index contributed by atoms with van der Waals surface area (Å²) in [6, 6.07) is 4.97. The Morgan fingerprint density at radius 3 is 2.89 bits per heavy atom. The molecule has 1 aromatic rings. The molecule has 2 rings (SSSR count). The molecule has 0 bridgehead atoms. The highest BCUT2D eigenvalue weighted by atomic mass is 19.3. The number of hydrogen-bond donors (Lipinski definition) is 2. The number of halogens is 2. The molecule has 0 spiro atoms. The molecule has 0 saturated carbocycles. The third-order valence-electron chi connectivity index (χ3n) is 3.06. The molecular formula is C13H18F2N2O2. The van der Waals surface area contributed by atoms with Gasteiger partial charge in [0, 0.05) is 18.7 Å². The molecule has 1 aliphatic heterocycles. The summed E-state index contributed by atoms with van der Waals surface area (Å²) in [5.41, 5.74) is 0.536. The smallest absolute Gasteiger partial charge is 0.387 e. The van der Waals surface area contributed by atoms with Gasteiger partial charge >= 0.3 is 6.61 Å². The largest absolute Gasteiger partial charge is 0.497 e. The zero-order valence-corrected chi connectivity index (χ0v) is 10.8. The molecule has 4 nitrogen and oxygen atoms in total. The van der Waals surface area contributed by atoms with E-state index in [1.165, 1.54) is 13.2 Å². The number of nitrogens with one attached hydrogen (secondary N) is 2. The van der Waals surface area contributed by atoms with Crippen molar-refractivity contribution >= 4 is 5.69 Å². The van der Waals surface area contributed by atoms with Gasteiger partial charge < -0.3 is 20.1 Å². The molecule has 1 unspecified atom stereocenters. The van der Waals surface area contributed by atoms with E-state index in [0.717, 1.165) is 25.9 Å². The van der Waals surface area contributed by atoms with Crippen molar-refractivity contribution in [3.8, 4) is 11.5 Å². The fourth-order valence-corrected chi connectivity index (χ4v) is 2.14. The van der Waals surface area contributed by atoms with Gasteiger partial charge in [-0.15, -0.1) is 0 Å².